The first-order valence-corrected chi connectivity index (χ1v) is 5.16. The Morgan fingerprint density at radius 2 is 2.12 bits per heavy atom. The fourth-order valence-corrected chi connectivity index (χ4v) is 1.94. The molecule has 0 saturated carbocycles. The summed E-state index contributed by atoms with van der Waals surface area (Å²) in [6, 6.07) is 0. The van der Waals surface area contributed by atoms with Gasteiger partial charge in [-0.05, 0) is 22.9 Å². The zero-order chi connectivity index (χ0) is 12.5. The molecule has 1 N–H and O–H groups in total. The van der Waals surface area contributed by atoms with Gasteiger partial charge in [0.2, 0.25) is 0 Å². The largest absolute Gasteiger partial charge is 0.434 e. The SMILES string of the molecule is CCNC(=O)c1nn(C)c(C(F)(F)F)c1Br. The maximum Gasteiger partial charge on any atom is 0.434 e. The molecule has 1 rings (SSSR count). The van der Waals surface area contributed by atoms with Crippen LogP contribution in [0.4, 0.5) is 13.2 Å². The smallest absolute Gasteiger partial charge is 0.351 e. The van der Waals surface area contributed by atoms with Crippen molar-refractivity contribution in [3.8, 4) is 0 Å². The zero-order valence-corrected chi connectivity index (χ0v) is 10.1. The zero-order valence-electron chi connectivity index (χ0n) is 8.52. The van der Waals surface area contributed by atoms with E-state index in [1.807, 2.05) is 0 Å². The normalized spacial score (nSPS) is 11.6. The van der Waals surface area contributed by atoms with Crippen LogP contribution in [0.3, 0.4) is 0 Å². The predicted molar refractivity (Wildman–Crippen MR) is 53.9 cm³/mol. The van der Waals surface area contributed by atoms with Gasteiger partial charge in [-0.3, -0.25) is 9.48 Å². The summed E-state index contributed by atoms with van der Waals surface area (Å²) in [5.41, 5.74) is -1.24. The second kappa shape index (κ2) is 4.44. The molecule has 4 nitrogen and oxygen atoms in total. The molecule has 0 spiro atoms. The van der Waals surface area contributed by atoms with Crippen molar-refractivity contribution in [1.29, 1.82) is 0 Å². The standard InChI is InChI=1S/C8H9BrF3N3O/c1-3-13-7(16)5-4(9)6(8(10,11)12)15(2)14-5/h3H2,1-2H3,(H,13,16). The number of aryl methyl sites for hydroxylation is 1. The first-order chi connectivity index (χ1) is 7.29. The Bertz CT molecular complexity index is 413. The Kier molecular flexibility index (Phi) is 3.61. The molecule has 1 heterocycles. The van der Waals surface area contributed by atoms with Gasteiger partial charge < -0.3 is 5.32 Å². The number of amides is 1. The van der Waals surface area contributed by atoms with E-state index < -0.39 is 17.8 Å². The number of nitrogens with one attached hydrogen (secondary N) is 1. The Morgan fingerprint density at radius 3 is 2.50 bits per heavy atom. The van der Waals surface area contributed by atoms with E-state index in [4.69, 9.17) is 0 Å². The van der Waals surface area contributed by atoms with Crippen molar-refractivity contribution in [1.82, 2.24) is 15.1 Å². The van der Waals surface area contributed by atoms with Gasteiger partial charge >= 0.3 is 6.18 Å². The Balaban J connectivity index is 3.22. The van der Waals surface area contributed by atoms with Crippen molar-refractivity contribution in [3.05, 3.63) is 15.9 Å². The van der Waals surface area contributed by atoms with Crippen LogP contribution in [0.5, 0.6) is 0 Å². The highest BCUT2D eigenvalue weighted by Gasteiger charge is 2.39. The molecule has 0 fully saturated rings. The van der Waals surface area contributed by atoms with Crippen LogP contribution in [0, 0.1) is 0 Å². The van der Waals surface area contributed by atoms with E-state index in [0.29, 0.717) is 11.2 Å². The highest BCUT2D eigenvalue weighted by Crippen LogP contribution is 2.36. The number of alkyl halides is 3. The minimum Gasteiger partial charge on any atom is -0.351 e. The number of nitrogens with zero attached hydrogens (tertiary/aromatic N) is 2. The molecular formula is C8H9BrF3N3O. The molecule has 1 amide bonds. The average molecular weight is 300 g/mol. The topological polar surface area (TPSA) is 46.9 Å². The second-order valence-corrected chi connectivity index (χ2v) is 3.79. The van der Waals surface area contributed by atoms with Gasteiger partial charge in [0.25, 0.3) is 5.91 Å². The number of carbonyl (C=O) groups excluding carboxylic acids is 1. The van der Waals surface area contributed by atoms with Gasteiger partial charge in [0, 0.05) is 13.6 Å². The van der Waals surface area contributed by atoms with Crippen LogP contribution in [0.1, 0.15) is 23.1 Å². The average Bonchev–Trinajstić information content (AvgIpc) is 2.41. The predicted octanol–water partition coefficient (Wildman–Crippen LogP) is 1.95. The van der Waals surface area contributed by atoms with E-state index in [9.17, 15) is 18.0 Å². The van der Waals surface area contributed by atoms with Crippen LogP contribution in [0.2, 0.25) is 0 Å². The first-order valence-electron chi connectivity index (χ1n) is 4.37. The third-order valence-corrected chi connectivity index (χ3v) is 2.56. The molecule has 0 saturated heterocycles. The summed E-state index contributed by atoms with van der Waals surface area (Å²) in [5, 5.41) is 5.92. The quantitative estimate of drug-likeness (QED) is 0.907. The fourth-order valence-electron chi connectivity index (χ4n) is 1.20. The molecule has 0 aromatic carbocycles. The van der Waals surface area contributed by atoms with Crippen molar-refractivity contribution in [3.63, 3.8) is 0 Å². The van der Waals surface area contributed by atoms with Gasteiger partial charge in [-0.1, -0.05) is 0 Å². The van der Waals surface area contributed by atoms with Crippen LogP contribution in [-0.2, 0) is 13.2 Å². The van der Waals surface area contributed by atoms with Gasteiger partial charge in [-0.2, -0.15) is 18.3 Å². The first kappa shape index (κ1) is 13.0. The summed E-state index contributed by atoms with van der Waals surface area (Å²) in [4.78, 5) is 11.4. The summed E-state index contributed by atoms with van der Waals surface area (Å²) in [7, 11) is 1.14. The van der Waals surface area contributed by atoms with E-state index in [2.05, 4.69) is 26.3 Å². The van der Waals surface area contributed by atoms with E-state index in [1.165, 1.54) is 0 Å². The van der Waals surface area contributed by atoms with Crippen molar-refractivity contribution in [2.45, 2.75) is 13.1 Å². The molecular weight excluding hydrogens is 291 g/mol. The molecule has 8 heteroatoms. The van der Waals surface area contributed by atoms with Gasteiger partial charge in [0.15, 0.2) is 11.4 Å². The molecule has 0 aliphatic carbocycles. The molecule has 0 unspecified atom stereocenters. The molecule has 0 atom stereocenters. The number of hydrogen-bond donors (Lipinski definition) is 1. The molecule has 0 aliphatic heterocycles. The lowest BCUT2D eigenvalue weighted by Crippen LogP contribution is -2.23. The number of halogens is 4. The monoisotopic (exact) mass is 299 g/mol. The van der Waals surface area contributed by atoms with Crippen molar-refractivity contribution in [2.24, 2.45) is 7.05 Å². The van der Waals surface area contributed by atoms with Gasteiger partial charge in [0.05, 0.1) is 4.47 Å². The second-order valence-electron chi connectivity index (χ2n) is 2.99. The minimum absolute atomic E-state index is 0.267. The number of hydrogen-bond acceptors (Lipinski definition) is 2. The Hall–Kier alpha value is -1.05. The minimum atomic E-state index is -4.55. The van der Waals surface area contributed by atoms with E-state index >= 15 is 0 Å². The number of carbonyl (C=O) groups is 1. The fraction of sp³-hybridized carbons (Fsp3) is 0.500. The molecule has 1 aromatic heterocycles. The van der Waals surface area contributed by atoms with Gasteiger partial charge in [-0.15, -0.1) is 0 Å². The maximum atomic E-state index is 12.5. The van der Waals surface area contributed by atoms with E-state index in [-0.39, 0.29) is 10.2 Å². The van der Waals surface area contributed by atoms with Crippen LogP contribution in [0.25, 0.3) is 0 Å². The number of aromatic nitrogens is 2. The highest BCUT2D eigenvalue weighted by atomic mass is 79.9. The summed E-state index contributed by atoms with van der Waals surface area (Å²) < 4.78 is 37.9. The molecule has 0 aliphatic rings. The third-order valence-electron chi connectivity index (χ3n) is 1.81. The lowest BCUT2D eigenvalue weighted by atomic mass is 10.3. The lowest BCUT2D eigenvalue weighted by molar-refractivity contribution is -0.144. The van der Waals surface area contributed by atoms with Crippen LogP contribution < -0.4 is 5.32 Å². The Morgan fingerprint density at radius 1 is 1.56 bits per heavy atom. The summed E-state index contributed by atoms with van der Waals surface area (Å²) in [6.07, 6.45) is -4.55. The van der Waals surface area contributed by atoms with Crippen molar-refractivity contribution < 1.29 is 18.0 Å². The lowest BCUT2D eigenvalue weighted by Gasteiger charge is -2.06. The Labute approximate surface area is 97.9 Å². The van der Waals surface area contributed by atoms with Crippen LogP contribution in [0.15, 0.2) is 4.47 Å². The summed E-state index contributed by atoms with van der Waals surface area (Å²) in [6.45, 7) is 1.99. The number of rotatable bonds is 2. The maximum absolute atomic E-state index is 12.5. The van der Waals surface area contributed by atoms with E-state index in [1.54, 1.807) is 6.92 Å². The molecule has 0 bridgehead atoms. The van der Waals surface area contributed by atoms with Crippen molar-refractivity contribution in [2.75, 3.05) is 6.54 Å². The van der Waals surface area contributed by atoms with Crippen LogP contribution in [-0.4, -0.2) is 22.2 Å². The molecule has 90 valence electrons. The summed E-state index contributed by atoms with van der Waals surface area (Å²) >= 11 is 2.74. The van der Waals surface area contributed by atoms with Gasteiger partial charge in [-0.25, -0.2) is 0 Å². The summed E-state index contributed by atoms with van der Waals surface area (Å²) in [5.74, 6) is -0.638. The molecule has 16 heavy (non-hydrogen) atoms. The van der Waals surface area contributed by atoms with E-state index in [0.717, 1.165) is 7.05 Å². The highest BCUT2D eigenvalue weighted by molar-refractivity contribution is 9.10. The third kappa shape index (κ3) is 2.37. The molecule has 1 aromatic rings. The van der Waals surface area contributed by atoms with Crippen molar-refractivity contribution >= 4 is 21.8 Å². The van der Waals surface area contributed by atoms with Gasteiger partial charge in [0.1, 0.15) is 0 Å². The molecule has 0 radical (unpaired) electrons. The van der Waals surface area contributed by atoms with Crippen LogP contribution >= 0.6 is 15.9 Å².